The van der Waals surface area contributed by atoms with Crippen molar-refractivity contribution in [3.8, 4) is 0 Å². The molecule has 1 amide bonds. The summed E-state index contributed by atoms with van der Waals surface area (Å²) >= 11 is 0. The van der Waals surface area contributed by atoms with Crippen LogP contribution in [0.2, 0.25) is 0 Å². The maximum atomic E-state index is 12.8. The van der Waals surface area contributed by atoms with Gasteiger partial charge in [-0.3, -0.25) is 9.69 Å². The minimum absolute atomic E-state index is 0. The Morgan fingerprint density at radius 2 is 1.73 bits per heavy atom. The fourth-order valence-electron chi connectivity index (χ4n) is 4.33. The fourth-order valence-corrected chi connectivity index (χ4v) is 4.33. The zero-order chi connectivity index (χ0) is 16.4. The van der Waals surface area contributed by atoms with Gasteiger partial charge in [-0.1, -0.05) is 5.21 Å². The third-order valence-corrected chi connectivity index (χ3v) is 5.75. The summed E-state index contributed by atoms with van der Waals surface area (Å²) in [7, 11) is 0. The maximum absolute atomic E-state index is 12.8. The van der Waals surface area contributed by atoms with Crippen LogP contribution >= 0.6 is 24.8 Å². The van der Waals surface area contributed by atoms with Crippen LogP contribution in [0.4, 0.5) is 0 Å². The smallest absolute Gasteiger partial charge is 0.276 e. The summed E-state index contributed by atoms with van der Waals surface area (Å²) in [5.74, 6) is 0.0547. The zero-order valence-electron chi connectivity index (χ0n) is 15.2. The van der Waals surface area contributed by atoms with Crippen LogP contribution in [0.15, 0.2) is 6.20 Å². The highest BCUT2D eigenvalue weighted by Gasteiger charge is 2.31. The number of hydrogen-bond acceptors (Lipinski definition) is 5. The van der Waals surface area contributed by atoms with E-state index >= 15 is 0 Å². The topological polar surface area (TPSA) is 66.3 Å². The number of nitrogens with zero attached hydrogens (tertiary/aromatic N) is 5. The van der Waals surface area contributed by atoms with Crippen LogP contribution in [0, 0.1) is 0 Å². The summed E-state index contributed by atoms with van der Waals surface area (Å²) in [6.07, 6.45) is 8.87. The first-order chi connectivity index (χ1) is 11.8. The molecule has 0 spiro atoms. The number of hydrogen-bond donors (Lipinski definition) is 1. The van der Waals surface area contributed by atoms with Gasteiger partial charge in [-0.15, -0.1) is 29.9 Å². The average molecular weight is 405 g/mol. The highest BCUT2D eigenvalue weighted by Crippen LogP contribution is 2.22. The second kappa shape index (κ2) is 9.88. The quantitative estimate of drug-likeness (QED) is 0.830. The molecule has 3 aliphatic rings. The van der Waals surface area contributed by atoms with Crippen molar-refractivity contribution in [2.45, 2.75) is 50.6 Å². The van der Waals surface area contributed by atoms with Gasteiger partial charge in [-0.05, 0) is 64.7 Å². The van der Waals surface area contributed by atoms with Gasteiger partial charge in [-0.2, -0.15) is 0 Å². The molecule has 0 aliphatic carbocycles. The standard InChI is InChI=1S/C17H28N6O.2ClH/c24-17(16-13-23(20-19-16)14-5-7-18-8-6-14)22-11-3-4-15(12-22)21-9-1-2-10-21;;/h13-15,18H,1-12H2;2*1H. The largest absolute Gasteiger partial charge is 0.336 e. The van der Waals surface area contributed by atoms with E-state index in [4.69, 9.17) is 0 Å². The summed E-state index contributed by atoms with van der Waals surface area (Å²) in [6.45, 7) is 6.11. The predicted octanol–water partition coefficient (Wildman–Crippen LogP) is 1.75. The Morgan fingerprint density at radius 1 is 1.00 bits per heavy atom. The van der Waals surface area contributed by atoms with Crippen LogP contribution in [0.5, 0.6) is 0 Å². The zero-order valence-corrected chi connectivity index (χ0v) is 16.8. The molecule has 4 heterocycles. The molecule has 0 bridgehead atoms. The van der Waals surface area contributed by atoms with E-state index < -0.39 is 0 Å². The Bertz CT molecular complexity index is 571. The molecule has 1 N–H and O–H groups in total. The molecule has 1 unspecified atom stereocenters. The monoisotopic (exact) mass is 404 g/mol. The second-order valence-electron chi connectivity index (χ2n) is 7.36. The number of piperidine rings is 2. The van der Waals surface area contributed by atoms with Crippen LogP contribution in [-0.2, 0) is 0 Å². The van der Waals surface area contributed by atoms with E-state index in [2.05, 4.69) is 20.5 Å². The van der Waals surface area contributed by atoms with Gasteiger partial charge in [0.2, 0.25) is 0 Å². The lowest BCUT2D eigenvalue weighted by molar-refractivity contribution is 0.0602. The average Bonchev–Trinajstić information content (AvgIpc) is 3.34. The molecule has 0 aromatic carbocycles. The van der Waals surface area contributed by atoms with E-state index in [0.29, 0.717) is 17.8 Å². The van der Waals surface area contributed by atoms with Crippen LogP contribution in [-0.4, -0.2) is 76.0 Å². The van der Waals surface area contributed by atoms with Crippen molar-refractivity contribution in [3.63, 3.8) is 0 Å². The first-order valence-corrected chi connectivity index (χ1v) is 9.47. The van der Waals surface area contributed by atoms with Crippen molar-refractivity contribution >= 4 is 30.7 Å². The SMILES string of the molecule is Cl.Cl.O=C(c1cn(C2CCNCC2)nn1)N1CCCC(N2CCCC2)C1. The molecule has 1 aromatic rings. The van der Waals surface area contributed by atoms with Crippen LogP contribution in [0.3, 0.4) is 0 Å². The number of aromatic nitrogens is 3. The number of halogens is 2. The summed E-state index contributed by atoms with van der Waals surface area (Å²) in [6, 6.07) is 0.906. The van der Waals surface area contributed by atoms with Gasteiger partial charge < -0.3 is 10.2 Å². The highest BCUT2D eigenvalue weighted by atomic mass is 35.5. The predicted molar refractivity (Wildman–Crippen MR) is 105 cm³/mol. The van der Waals surface area contributed by atoms with Crippen LogP contribution in [0.1, 0.15) is 55.1 Å². The van der Waals surface area contributed by atoms with Gasteiger partial charge in [0.15, 0.2) is 5.69 Å². The molecule has 3 fully saturated rings. The van der Waals surface area contributed by atoms with E-state index in [0.717, 1.165) is 45.4 Å². The molecular weight excluding hydrogens is 375 g/mol. The van der Waals surface area contributed by atoms with Crippen molar-refractivity contribution < 1.29 is 4.79 Å². The number of carbonyl (C=O) groups is 1. The van der Waals surface area contributed by atoms with E-state index in [-0.39, 0.29) is 30.7 Å². The Hall–Kier alpha value is -0.890. The van der Waals surface area contributed by atoms with E-state index in [1.54, 1.807) is 0 Å². The van der Waals surface area contributed by atoms with Crippen molar-refractivity contribution in [2.75, 3.05) is 39.3 Å². The van der Waals surface area contributed by atoms with Gasteiger partial charge in [0.25, 0.3) is 5.91 Å². The first-order valence-electron chi connectivity index (χ1n) is 9.47. The molecule has 148 valence electrons. The van der Waals surface area contributed by atoms with Crippen LogP contribution in [0.25, 0.3) is 0 Å². The molecule has 4 rings (SSSR count). The number of nitrogens with one attached hydrogen (secondary N) is 1. The lowest BCUT2D eigenvalue weighted by Gasteiger charge is -2.37. The Kier molecular flexibility index (Phi) is 8.13. The van der Waals surface area contributed by atoms with E-state index in [1.165, 1.54) is 32.4 Å². The number of amides is 1. The van der Waals surface area contributed by atoms with Gasteiger partial charge in [-0.25, -0.2) is 4.68 Å². The molecule has 9 heteroatoms. The lowest BCUT2D eigenvalue weighted by Crippen LogP contribution is -2.49. The maximum Gasteiger partial charge on any atom is 0.276 e. The van der Waals surface area contributed by atoms with Gasteiger partial charge in [0, 0.05) is 19.1 Å². The lowest BCUT2D eigenvalue weighted by atomic mass is 10.0. The Labute approximate surface area is 167 Å². The van der Waals surface area contributed by atoms with Gasteiger partial charge in [0.05, 0.1) is 12.2 Å². The molecule has 0 saturated carbocycles. The molecule has 0 radical (unpaired) electrons. The van der Waals surface area contributed by atoms with Crippen LogP contribution < -0.4 is 5.32 Å². The van der Waals surface area contributed by atoms with Crippen molar-refractivity contribution in [1.82, 2.24) is 30.1 Å². The second-order valence-corrected chi connectivity index (χ2v) is 7.36. The molecule has 1 atom stereocenters. The Balaban J connectivity index is 0.00000121. The third kappa shape index (κ3) is 4.68. The van der Waals surface area contributed by atoms with Crippen molar-refractivity contribution in [3.05, 3.63) is 11.9 Å². The molecular formula is C17H30Cl2N6O. The van der Waals surface area contributed by atoms with Crippen molar-refractivity contribution in [1.29, 1.82) is 0 Å². The number of rotatable bonds is 3. The molecule has 1 aromatic heterocycles. The van der Waals surface area contributed by atoms with Crippen molar-refractivity contribution in [2.24, 2.45) is 0 Å². The molecule has 7 nitrogen and oxygen atoms in total. The van der Waals surface area contributed by atoms with E-state index in [9.17, 15) is 4.79 Å². The first kappa shape index (κ1) is 21.4. The molecule has 26 heavy (non-hydrogen) atoms. The third-order valence-electron chi connectivity index (χ3n) is 5.75. The minimum Gasteiger partial charge on any atom is -0.336 e. The fraction of sp³-hybridized carbons (Fsp3) is 0.824. The number of carbonyl (C=O) groups excluding carboxylic acids is 1. The van der Waals surface area contributed by atoms with Gasteiger partial charge >= 0.3 is 0 Å². The summed E-state index contributed by atoms with van der Waals surface area (Å²) < 4.78 is 1.90. The van der Waals surface area contributed by atoms with E-state index in [1.807, 2.05) is 15.8 Å². The summed E-state index contributed by atoms with van der Waals surface area (Å²) in [4.78, 5) is 17.4. The molecule has 3 aliphatic heterocycles. The number of likely N-dealkylation sites (tertiary alicyclic amines) is 2. The minimum atomic E-state index is 0. The summed E-state index contributed by atoms with van der Waals surface area (Å²) in [5.41, 5.74) is 0.510. The summed E-state index contributed by atoms with van der Waals surface area (Å²) in [5, 5.41) is 11.8. The molecule has 3 saturated heterocycles. The Morgan fingerprint density at radius 3 is 2.46 bits per heavy atom. The normalized spacial score (nSPS) is 24.8. The van der Waals surface area contributed by atoms with Gasteiger partial charge in [0.1, 0.15) is 0 Å². The highest BCUT2D eigenvalue weighted by molar-refractivity contribution is 5.92.